The molecule has 4 aromatic rings. The maximum atomic E-state index is 14.9. The van der Waals surface area contributed by atoms with Gasteiger partial charge in [0, 0.05) is 13.1 Å². The van der Waals surface area contributed by atoms with Crippen molar-refractivity contribution in [2.75, 3.05) is 26.6 Å². The molecule has 0 bridgehead atoms. The van der Waals surface area contributed by atoms with Crippen LogP contribution in [-0.2, 0) is 34.0 Å². The molecular formula is C32H28F4N2O7S. The van der Waals surface area contributed by atoms with E-state index in [9.17, 15) is 35.6 Å². The maximum Gasteiger partial charge on any atom is 0.418 e. The number of carbonyl (C=O) groups is 2. The van der Waals surface area contributed by atoms with Crippen LogP contribution < -0.4 is 14.8 Å². The molecule has 0 spiro atoms. The Bertz CT molecular complexity index is 1850. The van der Waals surface area contributed by atoms with Crippen LogP contribution in [-0.4, -0.2) is 45.9 Å². The molecule has 0 aliphatic heterocycles. The van der Waals surface area contributed by atoms with Gasteiger partial charge in [0.1, 0.15) is 5.82 Å². The van der Waals surface area contributed by atoms with E-state index >= 15 is 0 Å². The minimum absolute atomic E-state index is 0.223. The van der Waals surface area contributed by atoms with Crippen LogP contribution in [0.4, 0.5) is 23.2 Å². The molecule has 0 saturated heterocycles. The molecule has 0 saturated carbocycles. The average Bonchev–Trinajstić information content (AvgIpc) is 3.04. The van der Waals surface area contributed by atoms with Crippen molar-refractivity contribution in [1.82, 2.24) is 4.31 Å². The highest BCUT2D eigenvalue weighted by Gasteiger charge is 2.34. The van der Waals surface area contributed by atoms with Gasteiger partial charge in [-0.2, -0.15) is 17.5 Å². The number of hydrogen-bond acceptors (Lipinski definition) is 7. The van der Waals surface area contributed by atoms with Crippen LogP contribution in [0.15, 0.2) is 89.8 Å². The number of methoxy groups -OCH3 is 3. The summed E-state index contributed by atoms with van der Waals surface area (Å²) in [5.74, 6) is -2.28. The zero-order chi connectivity index (χ0) is 33.6. The van der Waals surface area contributed by atoms with Crippen LogP contribution in [0, 0.1) is 5.82 Å². The van der Waals surface area contributed by atoms with Gasteiger partial charge in [-0.15, -0.1) is 0 Å². The molecule has 1 amide bonds. The van der Waals surface area contributed by atoms with Crippen molar-refractivity contribution in [3.8, 4) is 11.5 Å². The standard InChI is InChI=1S/C32H28F4N2O7S/c1-43-28-15-10-21(16-29(28)44-2)19-38(18-20-8-11-22(12-9-20)31(40)45-3)46(41,42)23-13-14-26(33)24(17-23)30(39)37-27-7-5-4-6-25(27)32(34,35)36/h4-17H,18-19H2,1-3H3,(H,37,39). The first kappa shape index (κ1) is 33.9. The Balaban J connectivity index is 1.73. The van der Waals surface area contributed by atoms with E-state index in [1.165, 1.54) is 51.7 Å². The average molecular weight is 661 g/mol. The van der Waals surface area contributed by atoms with Crippen LogP contribution in [0.2, 0.25) is 0 Å². The number of nitrogens with zero attached hydrogens (tertiary/aromatic N) is 1. The summed E-state index contributed by atoms with van der Waals surface area (Å²) >= 11 is 0. The molecule has 9 nitrogen and oxygen atoms in total. The van der Waals surface area contributed by atoms with E-state index in [1.807, 2.05) is 5.32 Å². The Labute approximate surface area is 262 Å². The molecule has 0 radical (unpaired) electrons. The summed E-state index contributed by atoms with van der Waals surface area (Å²) in [7, 11) is -0.421. The fourth-order valence-electron chi connectivity index (χ4n) is 4.49. The number of ether oxygens (including phenoxy) is 3. The minimum atomic E-state index is -4.81. The number of anilines is 1. The van der Waals surface area contributed by atoms with Gasteiger partial charge in [0.2, 0.25) is 10.0 Å². The monoisotopic (exact) mass is 660 g/mol. The number of para-hydroxylation sites is 1. The maximum absolute atomic E-state index is 14.9. The molecule has 0 atom stereocenters. The summed E-state index contributed by atoms with van der Waals surface area (Å²) in [6.45, 7) is -0.449. The number of esters is 1. The normalized spacial score (nSPS) is 11.7. The number of sulfonamides is 1. The zero-order valence-corrected chi connectivity index (χ0v) is 25.5. The Morgan fingerprint density at radius 2 is 1.43 bits per heavy atom. The molecule has 46 heavy (non-hydrogen) atoms. The fraction of sp³-hybridized carbons (Fsp3) is 0.188. The fourth-order valence-corrected chi connectivity index (χ4v) is 5.94. The molecule has 4 aromatic carbocycles. The highest BCUT2D eigenvalue weighted by atomic mass is 32.2. The van der Waals surface area contributed by atoms with Crippen molar-refractivity contribution in [1.29, 1.82) is 0 Å². The summed E-state index contributed by atoms with van der Waals surface area (Å²) in [4.78, 5) is 24.4. The van der Waals surface area contributed by atoms with Gasteiger partial charge in [-0.25, -0.2) is 17.6 Å². The molecule has 1 N–H and O–H groups in total. The van der Waals surface area contributed by atoms with E-state index in [1.54, 1.807) is 18.2 Å². The van der Waals surface area contributed by atoms with Gasteiger partial charge in [0.25, 0.3) is 5.91 Å². The largest absolute Gasteiger partial charge is 0.493 e. The number of nitrogens with one attached hydrogen (secondary N) is 1. The molecule has 0 heterocycles. The number of benzene rings is 4. The zero-order valence-electron chi connectivity index (χ0n) is 24.7. The molecule has 0 aliphatic carbocycles. The van der Waals surface area contributed by atoms with Gasteiger partial charge in [-0.05, 0) is 65.7 Å². The lowest BCUT2D eigenvalue weighted by atomic mass is 10.1. The van der Waals surface area contributed by atoms with Crippen molar-refractivity contribution in [2.24, 2.45) is 0 Å². The molecule has 0 fully saturated rings. The van der Waals surface area contributed by atoms with E-state index in [4.69, 9.17) is 14.2 Å². The quantitative estimate of drug-likeness (QED) is 0.149. The Hall–Kier alpha value is -4.95. The smallest absolute Gasteiger partial charge is 0.418 e. The first-order chi connectivity index (χ1) is 21.8. The molecular weight excluding hydrogens is 632 g/mol. The highest BCUT2D eigenvalue weighted by Crippen LogP contribution is 2.35. The summed E-state index contributed by atoms with van der Waals surface area (Å²) in [6, 6.07) is 17.3. The lowest BCUT2D eigenvalue weighted by molar-refractivity contribution is -0.136. The van der Waals surface area contributed by atoms with Gasteiger partial charge in [0.15, 0.2) is 11.5 Å². The third kappa shape index (κ3) is 7.64. The predicted molar refractivity (Wildman–Crippen MR) is 160 cm³/mol. The van der Waals surface area contributed by atoms with Crippen LogP contribution in [0.3, 0.4) is 0 Å². The van der Waals surface area contributed by atoms with E-state index < -0.39 is 55.6 Å². The van der Waals surface area contributed by atoms with E-state index in [-0.39, 0.29) is 18.7 Å². The summed E-state index contributed by atoms with van der Waals surface area (Å²) in [5.41, 5.74) is -1.38. The summed E-state index contributed by atoms with van der Waals surface area (Å²) in [5, 5.41) is 2.03. The van der Waals surface area contributed by atoms with E-state index in [2.05, 4.69) is 0 Å². The van der Waals surface area contributed by atoms with E-state index in [0.29, 0.717) is 22.6 Å². The van der Waals surface area contributed by atoms with Gasteiger partial charge in [-0.1, -0.05) is 30.3 Å². The molecule has 14 heteroatoms. The molecule has 242 valence electrons. The van der Waals surface area contributed by atoms with Gasteiger partial charge in [0.05, 0.1) is 48.6 Å². The third-order valence-corrected chi connectivity index (χ3v) is 8.63. The van der Waals surface area contributed by atoms with Crippen molar-refractivity contribution in [3.05, 3.63) is 119 Å². The first-order valence-electron chi connectivity index (χ1n) is 13.4. The Kier molecular flexibility index (Phi) is 10.3. The number of hydrogen-bond donors (Lipinski definition) is 1. The Morgan fingerprint density at radius 1 is 0.804 bits per heavy atom. The number of rotatable bonds is 11. The topological polar surface area (TPSA) is 111 Å². The van der Waals surface area contributed by atoms with Gasteiger partial charge >= 0.3 is 12.1 Å². The van der Waals surface area contributed by atoms with Crippen molar-refractivity contribution < 1.29 is 49.8 Å². The van der Waals surface area contributed by atoms with Gasteiger partial charge in [-0.3, -0.25) is 4.79 Å². The molecule has 4 rings (SSSR count). The van der Waals surface area contributed by atoms with Gasteiger partial charge < -0.3 is 19.5 Å². The first-order valence-corrected chi connectivity index (χ1v) is 14.9. The number of alkyl halides is 3. The summed E-state index contributed by atoms with van der Waals surface area (Å²) < 4.78 is 99.7. The molecule has 0 aromatic heterocycles. The predicted octanol–water partition coefficient (Wildman–Crippen LogP) is 6.29. The van der Waals surface area contributed by atoms with Crippen molar-refractivity contribution >= 4 is 27.6 Å². The number of halogens is 4. The van der Waals surface area contributed by atoms with Crippen LogP contribution >= 0.6 is 0 Å². The number of amides is 1. The number of carbonyl (C=O) groups excluding carboxylic acids is 2. The Morgan fingerprint density at radius 3 is 2.07 bits per heavy atom. The lowest BCUT2D eigenvalue weighted by Gasteiger charge is -2.23. The minimum Gasteiger partial charge on any atom is -0.493 e. The lowest BCUT2D eigenvalue weighted by Crippen LogP contribution is -2.30. The molecule has 0 unspecified atom stereocenters. The highest BCUT2D eigenvalue weighted by molar-refractivity contribution is 7.89. The molecule has 0 aliphatic rings. The van der Waals surface area contributed by atoms with Crippen LogP contribution in [0.25, 0.3) is 0 Å². The second-order valence-electron chi connectivity index (χ2n) is 9.79. The SMILES string of the molecule is COC(=O)c1ccc(CN(Cc2ccc(OC)c(OC)c2)S(=O)(=O)c2ccc(F)c(C(=O)Nc3ccccc3C(F)(F)F)c2)cc1. The van der Waals surface area contributed by atoms with E-state index in [0.717, 1.165) is 40.7 Å². The third-order valence-electron chi connectivity index (χ3n) is 6.84. The second-order valence-corrected chi connectivity index (χ2v) is 11.7. The van der Waals surface area contributed by atoms with Crippen LogP contribution in [0.5, 0.6) is 11.5 Å². The van der Waals surface area contributed by atoms with Crippen molar-refractivity contribution in [3.63, 3.8) is 0 Å². The summed E-state index contributed by atoms with van der Waals surface area (Å²) in [6.07, 6.45) is -4.81. The second kappa shape index (κ2) is 14.0. The van der Waals surface area contributed by atoms with Crippen LogP contribution in [0.1, 0.15) is 37.4 Å². The van der Waals surface area contributed by atoms with Crippen molar-refractivity contribution in [2.45, 2.75) is 24.2 Å².